The third-order valence-electron chi connectivity index (χ3n) is 10.1. The van der Waals surface area contributed by atoms with E-state index in [4.69, 9.17) is 10.5 Å². The predicted octanol–water partition coefficient (Wildman–Crippen LogP) is 3.38. The fourth-order valence-corrected chi connectivity index (χ4v) is 7.01. The van der Waals surface area contributed by atoms with Crippen molar-refractivity contribution in [2.75, 3.05) is 39.8 Å². The van der Waals surface area contributed by atoms with E-state index in [-0.39, 0.29) is 17.2 Å². The number of nitrogens with two attached hydrogens (primary N) is 1. The molecule has 2 aromatic carbocycles. The summed E-state index contributed by atoms with van der Waals surface area (Å²) in [7, 11) is 1.58. The van der Waals surface area contributed by atoms with Crippen LogP contribution in [0.15, 0.2) is 67.3 Å². The van der Waals surface area contributed by atoms with Crippen LogP contribution in [0.5, 0.6) is 5.75 Å². The number of primary amides is 1. The summed E-state index contributed by atoms with van der Waals surface area (Å²) in [6, 6.07) is 15.9. The summed E-state index contributed by atoms with van der Waals surface area (Å²) < 4.78 is 7.13. The van der Waals surface area contributed by atoms with E-state index >= 15 is 0 Å². The number of benzene rings is 2. The van der Waals surface area contributed by atoms with Crippen molar-refractivity contribution in [2.24, 2.45) is 5.73 Å². The molecule has 0 spiro atoms. The summed E-state index contributed by atoms with van der Waals surface area (Å²) in [5.41, 5.74) is 10.9. The fourth-order valence-electron chi connectivity index (χ4n) is 7.01. The minimum atomic E-state index is -0.691. The van der Waals surface area contributed by atoms with Crippen molar-refractivity contribution >= 4 is 11.8 Å². The lowest BCUT2D eigenvalue weighted by Crippen LogP contribution is -2.50. The van der Waals surface area contributed by atoms with E-state index < -0.39 is 5.41 Å². The van der Waals surface area contributed by atoms with Crippen LogP contribution in [-0.2, 0) is 15.6 Å². The number of likely N-dealkylation sites (tertiary alicyclic amines) is 2. The first-order valence-electron chi connectivity index (χ1n) is 15.5. The van der Waals surface area contributed by atoms with Crippen molar-refractivity contribution in [1.29, 1.82) is 0 Å². The van der Waals surface area contributed by atoms with Gasteiger partial charge in [0.1, 0.15) is 12.1 Å². The van der Waals surface area contributed by atoms with Crippen LogP contribution in [0.2, 0.25) is 0 Å². The zero-order valence-corrected chi connectivity index (χ0v) is 26.1. The number of tetrazole rings is 1. The van der Waals surface area contributed by atoms with Crippen molar-refractivity contribution < 1.29 is 14.3 Å². The third kappa shape index (κ3) is 5.80. The quantitative estimate of drug-likeness (QED) is 0.306. The van der Waals surface area contributed by atoms with E-state index in [1.54, 1.807) is 31.6 Å². The van der Waals surface area contributed by atoms with Gasteiger partial charge in [-0.3, -0.25) is 14.6 Å². The van der Waals surface area contributed by atoms with Crippen LogP contribution in [0.4, 0.5) is 0 Å². The Morgan fingerprint density at radius 1 is 0.978 bits per heavy atom. The van der Waals surface area contributed by atoms with Crippen LogP contribution in [0.3, 0.4) is 0 Å². The van der Waals surface area contributed by atoms with E-state index in [2.05, 4.69) is 57.5 Å². The number of methoxy groups -OCH3 is 1. The molecule has 4 heterocycles. The Hall–Kier alpha value is -4.64. The molecule has 0 aliphatic carbocycles. The van der Waals surface area contributed by atoms with Crippen LogP contribution >= 0.6 is 0 Å². The highest BCUT2D eigenvalue weighted by Gasteiger charge is 2.44. The largest absolute Gasteiger partial charge is 0.496 e. The maximum absolute atomic E-state index is 14.1. The molecule has 45 heavy (non-hydrogen) atoms. The van der Waals surface area contributed by atoms with E-state index in [0.29, 0.717) is 42.9 Å². The molecular formula is C34H40N8O3. The first-order chi connectivity index (χ1) is 21.7. The molecule has 2 N–H and O–H groups in total. The number of amides is 2. The van der Waals surface area contributed by atoms with Crippen LogP contribution in [0.25, 0.3) is 5.69 Å². The van der Waals surface area contributed by atoms with E-state index in [1.807, 2.05) is 23.1 Å². The fraction of sp³-hybridized carbons (Fsp3) is 0.412. The van der Waals surface area contributed by atoms with Crippen molar-refractivity contribution in [1.82, 2.24) is 35.0 Å². The SMILES string of the molecule is COc1ccc(-n2cnnn2)cc1C(=O)N1CCC(CCN2CCC(C(N)=O)(c3cccnc3)CC2)(c2ccc(C)c(C)c2)C1. The average molecular weight is 609 g/mol. The number of piperidine rings is 1. The first kappa shape index (κ1) is 30.4. The number of hydrogen-bond acceptors (Lipinski definition) is 8. The molecule has 2 aliphatic rings. The molecule has 2 aliphatic heterocycles. The van der Waals surface area contributed by atoms with E-state index in [9.17, 15) is 9.59 Å². The lowest BCUT2D eigenvalue weighted by atomic mass is 9.72. The van der Waals surface area contributed by atoms with Gasteiger partial charge < -0.3 is 20.3 Å². The second kappa shape index (κ2) is 12.4. The summed E-state index contributed by atoms with van der Waals surface area (Å²) in [5, 5.41) is 11.4. The molecule has 2 saturated heterocycles. The highest BCUT2D eigenvalue weighted by atomic mass is 16.5. The standard InChI is InChI=1S/C34H40N8O3/c1-24-6-7-26(19-25(24)2)33(10-15-40-16-12-34(13-17-40,32(35)44)27-5-4-14-36-21-27)11-18-41(22-33)31(43)29-20-28(8-9-30(29)45-3)42-23-37-38-39-42/h4-9,14,19-21,23H,10-13,15-18,22H2,1-3H3,(H2,35,44). The highest BCUT2D eigenvalue weighted by molar-refractivity contribution is 5.98. The van der Waals surface area contributed by atoms with Gasteiger partial charge in [-0.25, -0.2) is 4.68 Å². The van der Waals surface area contributed by atoms with Crippen LogP contribution < -0.4 is 10.5 Å². The number of aromatic nitrogens is 5. The molecule has 4 aromatic rings. The van der Waals surface area contributed by atoms with Crippen LogP contribution in [0.1, 0.15) is 58.3 Å². The summed E-state index contributed by atoms with van der Waals surface area (Å²) in [6.45, 7) is 7.90. The molecule has 0 bridgehead atoms. The summed E-state index contributed by atoms with van der Waals surface area (Å²) in [5.74, 6) is 0.153. The van der Waals surface area contributed by atoms with Gasteiger partial charge in [0.25, 0.3) is 5.91 Å². The summed E-state index contributed by atoms with van der Waals surface area (Å²) >= 11 is 0. The lowest BCUT2D eigenvalue weighted by molar-refractivity contribution is -0.125. The number of rotatable bonds is 9. The molecule has 11 nitrogen and oxygen atoms in total. The molecule has 2 fully saturated rings. The van der Waals surface area contributed by atoms with Gasteiger partial charge in [0.15, 0.2) is 0 Å². The normalized spacial score (nSPS) is 19.8. The molecule has 1 unspecified atom stereocenters. The number of aryl methyl sites for hydroxylation is 2. The van der Waals surface area contributed by atoms with Gasteiger partial charge in [-0.15, -0.1) is 5.10 Å². The molecule has 234 valence electrons. The number of nitrogens with zero attached hydrogens (tertiary/aromatic N) is 7. The molecule has 6 rings (SSSR count). The minimum Gasteiger partial charge on any atom is -0.496 e. The Morgan fingerprint density at radius 3 is 2.47 bits per heavy atom. The molecule has 2 amide bonds. The van der Waals surface area contributed by atoms with Gasteiger partial charge in [0.2, 0.25) is 5.91 Å². The van der Waals surface area contributed by atoms with Crippen LogP contribution in [0, 0.1) is 13.8 Å². The molecular weight excluding hydrogens is 568 g/mol. The van der Waals surface area contributed by atoms with Gasteiger partial charge in [-0.05, 0) is 116 Å². The van der Waals surface area contributed by atoms with Gasteiger partial charge >= 0.3 is 0 Å². The van der Waals surface area contributed by atoms with Crippen molar-refractivity contribution in [3.8, 4) is 11.4 Å². The number of hydrogen-bond donors (Lipinski definition) is 1. The Labute approximate surface area is 263 Å². The van der Waals surface area contributed by atoms with E-state index in [0.717, 1.165) is 38.0 Å². The minimum absolute atomic E-state index is 0.0758. The monoisotopic (exact) mass is 608 g/mol. The zero-order chi connectivity index (χ0) is 31.6. The van der Waals surface area contributed by atoms with Crippen molar-refractivity contribution in [3.05, 3.63) is 95.1 Å². The average Bonchev–Trinajstić information content (AvgIpc) is 3.77. The smallest absolute Gasteiger partial charge is 0.257 e. The number of ether oxygens (including phenoxy) is 1. The molecule has 1 atom stereocenters. The topological polar surface area (TPSA) is 132 Å². The maximum atomic E-state index is 14.1. The van der Waals surface area contributed by atoms with Crippen molar-refractivity contribution in [2.45, 2.75) is 50.4 Å². The number of carbonyl (C=O) groups excluding carboxylic acids is 2. The molecule has 2 aromatic heterocycles. The van der Waals surface area contributed by atoms with Gasteiger partial charge in [-0.2, -0.15) is 0 Å². The summed E-state index contributed by atoms with van der Waals surface area (Å²) in [6.07, 6.45) is 8.05. The molecule has 0 radical (unpaired) electrons. The van der Waals surface area contributed by atoms with Gasteiger partial charge in [0, 0.05) is 30.9 Å². The first-order valence-corrected chi connectivity index (χ1v) is 15.5. The zero-order valence-electron chi connectivity index (χ0n) is 26.1. The Kier molecular flexibility index (Phi) is 8.37. The van der Waals surface area contributed by atoms with Gasteiger partial charge in [0.05, 0.1) is 23.8 Å². The second-order valence-corrected chi connectivity index (χ2v) is 12.5. The number of carbonyl (C=O) groups is 2. The second-order valence-electron chi connectivity index (χ2n) is 12.5. The summed E-state index contributed by atoms with van der Waals surface area (Å²) in [4.78, 5) is 35.4. The van der Waals surface area contributed by atoms with Gasteiger partial charge in [-0.1, -0.05) is 24.3 Å². The Balaban J connectivity index is 1.23. The third-order valence-corrected chi connectivity index (χ3v) is 10.1. The lowest BCUT2D eigenvalue weighted by Gasteiger charge is -2.41. The Bertz CT molecular complexity index is 1670. The molecule has 11 heteroatoms. The Morgan fingerprint density at radius 2 is 1.80 bits per heavy atom. The maximum Gasteiger partial charge on any atom is 0.257 e. The van der Waals surface area contributed by atoms with Crippen molar-refractivity contribution in [3.63, 3.8) is 0 Å². The molecule has 0 saturated carbocycles. The predicted molar refractivity (Wildman–Crippen MR) is 169 cm³/mol. The number of pyridine rings is 1. The van der Waals surface area contributed by atoms with E-state index in [1.165, 1.54) is 27.7 Å². The highest BCUT2D eigenvalue weighted by Crippen LogP contribution is 2.41. The van der Waals surface area contributed by atoms with Crippen LogP contribution in [-0.4, -0.2) is 86.6 Å².